The molecule has 64 valence electrons. The SMILES string of the molecule is CC1(O)C(=O)OC(CO)C1O. The largest absolute Gasteiger partial charge is 0.455 e. The molecular formula is C6H10O5. The van der Waals surface area contributed by atoms with Crippen LogP contribution in [0.2, 0.25) is 0 Å². The maximum absolute atomic E-state index is 10.7. The topological polar surface area (TPSA) is 87.0 Å². The first-order valence-corrected chi connectivity index (χ1v) is 3.22. The number of aliphatic hydroxyl groups excluding tert-OH is 2. The molecule has 0 aromatic heterocycles. The number of hydrogen-bond acceptors (Lipinski definition) is 5. The molecule has 0 aromatic rings. The zero-order valence-corrected chi connectivity index (χ0v) is 6.02. The van der Waals surface area contributed by atoms with Gasteiger partial charge in [-0.2, -0.15) is 0 Å². The van der Waals surface area contributed by atoms with E-state index in [1.54, 1.807) is 0 Å². The molecule has 3 unspecified atom stereocenters. The van der Waals surface area contributed by atoms with E-state index in [4.69, 9.17) is 10.2 Å². The molecule has 0 spiro atoms. The van der Waals surface area contributed by atoms with Crippen LogP contribution in [0.1, 0.15) is 6.92 Å². The minimum Gasteiger partial charge on any atom is -0.455 e. The lowest BCUT2D eigenvalue weighted by atomic mass is 9.99. The van der Waals surface area contributed by atoms with Crippen LogP contribution in [0.5, 0.6) is 0 Å². The highest BCUT2D eigenvalue weighted by Gasteiger charge is 2.52. The number of ether oxygens (including phenoxy) is 1. The first kappa shape index (κ1) is 8.45. The molecule has 3 atom stereocenters. The van der Waals surface area contributed by atoms with Crippen LogP contribution >= 0.6 is 0 Å². The van der Waals surface area contributed by atoms with Crippen LogP contribution in [0.25, 0.3) is 0 Å². The Morgan fingerprint density at radius 1 is 1.73 bits per heavy atom. The van der Waals surface area contributed by atoms with Crippen molar-refractivity contribution in [2.75, 3.05) is 6.61 Å². The molecular weight excluding hydrogens is 152 g/mol. The normalized spacial score (nSPS) is 44.2. The fraction of sp³-hybridized carbons (Fsp3) is 0.833. The third kappa shape index (κ3) is 1.11. The Balaban J connectivity index is 2.80. The summed E-state index contributed by atoms with van der Waals surface area (Å²) >= 11 is 0. The van der Waals surface area contributed by atoms with Gasteiger partial charge in [-0.1, -0.05) is 0 Å². The highest BCUT2D eigenvalue weighted by atomic mass is 16.6. The highest BCUT2D eigenvalue weighted by molar-refractivity contribution is 5.82. The number of carbonyl (C=O) groups excluding carboxylic acids is 1. The average molecular weight is 162 g/mol. The van der Waals surface area contributed by atoms with E-state index in [9.17, 15) is 9.90 Å². The second kappa shape index (κ2) is 2.44. The zero-order chi connectivity index (χ0) is 8.65. The van der Waals surface area contributed by atoms with Crippen LogP contribution in [0, 0.1) is 0 Å². The summed E-state index contributed by atoms with van der Waals surface area (Å²) in [5.41, 5.74) is -1.88. The molecule has 0 bridgehead atoms. The summed E-state index contributed by atoms with van der Waals surface area (Å²) in [4.78, 5) is 10.7. The van der Waals surface area contributed by atoms with Crippen LogP contribution in [-0.4, -0.2) is 45.7 Å². The Bertz CT molecular complexity index is 176. The van der Waals surface area contributed by atoms with Gasteiger partial charge in [-0.15, -0.1) is 0 Å². The first-order valence-electron chi connectivity index (χ1n) is 3.22. The van der Waals surface area contributed by atoms with E-state index in [0.29, 0.717) is 0 Å². The molecule has 1 heterocycles. The molecule has 1 fully saturated rings. The lowest BCUT2D eigenvalue weighted by Crippen LogP contribution is -2.43. The number of carbonyl (C=O) groups is 1. The Hall–Kier alpha value is -0.650. The minimum absolute atomic E-state index is 0.483. The summed E-state index contributed by atoms with van der Waals surface area (Å²) in [6.07, 6.45) is -2.35. The number of hydrogen-bond donors (Lipinski definition) is 3. The van der Waals surface area contributed by atoms with Gasteiger partial charge in [0, 0.05) is 0 Å². The van der Waals surface area contributed by atoms with Gasteiger partial charge in [0.15, 0.2) is 11.7 Å². The lowest BCUT2D eigenvalue weighted by molar-refractivity contribution is -0.155. The predicted octanol–water partition coefficient (Wildman–Crippen LogP) is -1.98. The highest BCUT2D eigenvalue weighted by Crippen LogP contribution is 2.25. The van der Waals surface area contributed by atoms with Crippen LogP contribution in [0.15, 0.2) is 0 Å². The molecule has 11 heavy (non-hydrogen) atoms. The van der Waals surface area contributed by atoms with E-state index >= 15 is 0 Å². The monoisotopic (exact) mass is 162 g/mol. The van der Waals surface area contributed by atoms with Crippen LogP contribution < -0.4 is 0 Å². The van der Waals surface area contributed by atoms with Crippen molar-refractivity contribution in [3.63, 3.8) is 0 Å². The van der Waals surface area contributed by atoms with Crippen LogP contribution in [0.3, 0.4) is 0 Å². The van der Waals surface area contributed by atoms with Crippen LogP contribution in [-0.2, 0) is 9.53 Å². The fourth-order valence-electron chi connectivity index (χ4n) is 0.941. The fourth-order valence-corrected chi connectivity index (χ4v) is 0.941. The van der Waals surface area contributed by atoms with Crippen molar-refractivity contribution >= 4 is 5.97 Å². The molecule has 1 rings (SSSR count). The molecule has 0 saturated carbocycles. The summed E-state index contributed by atoms with van der Waals surface area (Å²) in [5, 5.41) is 26.9. The summed E-state index contributed by atoms with van der Waals surface area (Å²) in [6.45, 7) is 0.665. The Labute approximate surface area is 63.2 Å². The van der Waals surface area contributed by atoms with Crippen molar-refractivity contribution in [2.45, 2.75) is 24.7 Å². The number of rotatable bonds is 1. The Morgan fingerprint density at radius 3 is 2.45 bits per heavy atom. The van der Waals surface area contributed by atoms with E-state index in [1.165, 1.54) is 0 Å². The second-order valence-electron chi connectivity index (χ2n) is 2.72. The van der Waals surface area contributed by atoms with Crippen molar-refractivity contribution in [3.8, 4) is 0 Å². The Kier molecular flexibility index (Phi) is 1.87. The van der Waals surface area contributed by atoms with Crippen molar-refractivity contribution < 1.29 is 24.9 Å². The molecule has 0 radical (unpaired) electrons. The van der Waals surface area contributed by atoms with E-state index in [-0.39, 0.29) is 0 Å². The standard InChI is InChI=1S/C6H10O5/c1-6(10)4(8)3(2-7)11-5(6)9/h3-4,7-8,10H,2H2,1H3. The number of esters is 1. The van der Waals surface area contributed by atoms with E-state index in [2.05, 4.69) is 4.74 Å². The molecule has 1 aliphatic rings. The molecule has 1 saturated heterocycles. The van der Waals surface area contributed by atoms with Gasteiger partial charge in [0.2, 0.25) is 0 Å². The van der Waals surface area contributed by atoms with E-state index in [1.807, 2.05) is 0 Å². The third-order valence-corrected chi connectivity index (χ3v) is 1.78. The maximum Gasteiger partial charge on any atom is 0.341 e. The summed E-state index contributed by atoms with van der Waals surface area (Å²) < 4.78 is 4.45. The van der Waals surface area contributed by atoms with Crippen molar-refractivity contribution in [1.82, 2.24) is 0 Å². The number of aliphatic hydroxyl groups is 3. The van der Waals surface area contributed by atoms with E-state index < -0.39 is 30.4 Å². The first-order chi connectivity index (χ1) is 5.00. The van der Waals surface area contributed by atoms with E-state index in [0.717, 1.165) is 6.92 Å². The Morgan fingerprint density at radius 2 is 2.27 bits per heavy atom. The van der Waals surface area contributed by atoms with Gasteiger partial charge in [0.25, 0.3) is 0 Å². The molecule has 3 N–H and O–H groups in total. The number of cyclic esters (lactones) is 1. The zero-order valence-electron chi connectivity index (χ0n) is 6.02. The van der Waals surface area contributed by atoms with Crippen molar-refractivity contribution in [1.29, 1.82) is 0 Å². The average Bonchev–Trinajstić information content (AvgIpc) is 2.14. The third-order valence-electron chi connectivity index (χ3n) is 1.78. The molecule has 0 aromatic carbocycles. The van der Waals surface area contributed by atoms with Gasteiger partial charge in [-0.05, 0) is 6.92 Å². The van der Waals surface area contributed by atoms with Crippen LogP contribution in [0.4, 0.5) is 0 Å². The second-order valence-corrected chi connectivity index (χ2v) is 2.72. The van der Waals surface area contributed by atoms with Gasteiger partial charge in [0.1, 0.15) is 6.10 Å². The molecule has 0 aliphatic carbocycles. The smallest absolute Gasteiger partial charge is 0.341 e. The molecule has 0 amide bonds. The molecule has 5 heteroatoms. The van der Waals surface area contributed by atoms with Crippen molar-refractivity contribution in [3.05, 3.63) is 0 Å². The van der Waals surface area contributed by atoms with Gasteiger partial charge >= 0.3 is 5.97 Å². The molecule has 1 aliphatic heterocycles. The minimum atomic E-state index is -1.88. The summed E-state index contributed by atoms with van der Waals surface area (Å²) in [7, 11) is 0. The lowest BCUT2D eigenvalue weighted by Gasteiger charge is -2.16. The van der Waals surface area contributed by atoms with Gasteiger partial charge < -0.3 is 20.1 Å². The quantitative estimate of drug-likeness (QED) is 0.389. The van der Waals surface area contributed by atoms with Gasteiger partial charge in [0.05, 0.1) is 6.61 Å². The summed E-state index contributed by atoms with van der Waals surface area (Å²) in [6, 6.07) is 0. The van der Waals surface area contributed by atoms with Crippen molar-refractivity contribution in [2.24, 2.45) is 0 Å². The van der Waals surface area contributed by atoms with Gasteiger partial charge in [-0.3, -0.25) is 0 Å². The maximum atomic E-state index is 10.7. The predicted molar refractivity (Wildman–Crippen MR) is 33.6 cm³/mol. The van der Waals surface area contributed by atoms with Gasteiger partial charge in [-0.25, -0.2) is 4.79 Å². The summed E-state index contributed by atoms with van der Waals surface area (Å²) in [5.74, 6) is -0.899. The molecule has 5 nitrogen and oxygen atoms in total.